The van der Waals surface area contributed by atoms with E-state index >= 15 is 0 Å². The van der Waals surface area contributed by atoms with E-state index in [9.17, 15) is 14.0 Å². The fraction of sp³-hybridized carbons (Fsp3) is 0.545. The van der Waals surface area contributed by atoms with E-state index in [2.05, 4.69) is 6.58 Å². The van der Waals surface area contributed by atoms with Crippen molar-refractivity contribution in [3.63, 3.8) is 0 Å². The van der Waals surface area contributed by atoms with Crippen molar-refractivity contribution in [2.75, 3.05) is 19.7 Å². The maximum absolute atomic E-state index is 14.4. The molecule has 0 spiro atoms. The van der Waals surface area contributed by atoms with E-state index in [0.717, 1.165) is 24.8 Å². The number of carbonyl (C=O) groups is 2. The molecule has 2 atom stereocenters. The number of benzene rings is 1. The fourth-order valence-corrected chi connectivity index (χ4v) is 4.48. The van der Waals surface area contributed by atoms with E-state index < -0.39 is 5.67 Å². The number of halogens is 1. The normalized spacial score (nSPS) is 25.2. The van der Waals surface area contributed by atoms with Gasteiger partial charge >= 0.3 is 0 Å². The third-order valence-corrected chi connectivity index (χ3v) is 6.11. The number of ether oxygens (including phenoxy) is 1. The summed E-state index contributed by atoms with van der Waals surface area (Å²) in [5.41, 5.74) is -0.221. The molecule has 2 unspecified atom stereocenters. The Morgan fingerprint density at radius 3 is 2.57 bits per heavy atom. The number of piperazine rings is 1. The van der Waals surface area contributed by atoms with Gasteiger partial charge in [-0.1, -0.05) is 24.8 Å². The molecular formula is C22H27FN2O3. The van der Waals surface area contributed by atoms with E-state index in [0.29, 0.717) is 43.9 Å². The second-order valence-corrected chi connectivity index (χ2v) is 8.18. The van der Waals surface area contributed by atoms with E-state index in [-0.39, 0.29) is 23.9 Å². The van der Waals surface area contributed by atoms with Crippen molar-refractivity contribution in [3.05, 3.63) is 42.0 Å². The summed E-state index contributed by atoms with van der Waals surface area (Å²) in [5, 5.41) is 0. The Labute approximate surface area is 165 Å². The number of piperidine rings is 1. The van der Waals surface area contributed by atoms with E-state index in [1.54, 1.807) is 17.0 Å². The zero-order valence-corrected chi connectivity index (χ0v) is 16.3. The Hall–Kier alpha value is -2.37. The number of para-hydroxylation sites is 1. The first-order chi connectivity index (χ1) is 13.4. The third-order valence-electron chi connectivity index (χ3n) is 6.11. The Morgan fingerprint density at radius 1 is 1.29 bits per heavy atom. The van der Waals surface area contributed by atoms with Crippen LogP contribution in [0.4, 0.5) is 4.39 Å². The van der Waals surface area contributed by atoms with Crippen molar-refractivity contribution >= 4 is 11.8 Å². The molecule has 150 valence electrons. The molecule has 1 aromatic carbocycles. The molecule has 1 saturated carbocycles. The first-order valence-electron chi connectivity index (χ1n) is 10.1. The van der Waals surface area contributed by atoms with Crippen molar-refractivity contribution in [1.29, 1.82) is 0 Å². The molecule has 0 N–H and O–H groups in total. The molecule has 1 aromatic rings. The zero-order chi connectivity index (χ0) is 19.9. The van der Waals surface area contributed by atoms with Gasteiger partial charge in [-0.15, -0.1) is 0 Å². The van der Waals surface area contributed by atoms with Crippen LogP contribution in [0, 0.1) is 6.92 Å². The smallest absolute Gasteiger partial charge is 0.260 e. The Kier molecular flexibility index (Phi) is 4.89. The minimum Gasteiger partial charge on any atom is -0.488 e. The molecule has 2 amide bonds. The number of likely N-dealkylation sites (tertiary alicyclic amines) is 1. The number of fused-ring (bicyclic) bond motifs is 2. The topological polar surface area (TPSA) is 49.9 Å². The van der Waals surface area contributed by atoms with Gasteiger partial charge in [0.1, 0.15) is 12.4 Å². The maximum atomic E-state index is 14.4. The van der Waals surface area contributed by atoms with Crippen molar-refractivity contribution in [3.8, 4) is 5.75 Å². The van der Waals surface area contributed by atoms with Crippen LogP contribution < -0.4 is 4.74 Å². The van der Waals surface area contributed by atoms with Gasteiger partial charge in [0.15, 0.2) is 5.67 Å². The Bertz CT molecular complexity index is 791. The Balaban J connectivity index is 1.55. The molecular weight excluding hydrogens is 359 g/mol. The van der Waals surface area contributed by atoms with Crippen LogP contribution in [0.3, 0.4) is 0 Å². The summed E-state index contributed by atoms with van der Waals surface area (Å²) in [6.07, 6.45) is 4.96. The van der Waals surface area contributed by atoms with Crippen LogP contribution in [0.25, 0.3) is 0 Å². The summed E-state index contributed by atoms with van der Waals surface area (Å²) >= 11 is 0. The lowest BCUT2D eigenvalue weighted by Gasteiger charge is -2.50. The molecule has 2 heterocycles. The highest BCUT2D eigenvalue weighted by Gasteiger charge is 2.56. The molecule has 0 radical (unpaired) electrons. The predicted octanol–water partition coefficient (Wildman–Crippen LogP) is 3.27. The highest BCUT2D eigenvalue weighted by molar-refractivity contribution is 5.98. The minimum atomic E-state index is -1.65. The first-order valence-corrected chi connectivity index (χ1v) is 10.1. The molecule has 0 aromatic heterocycles. The van der Waals surface area contributed by atoms with Gasteiger partial charge in [-0.25, -0.2) is 4.39 Å². The quantitative estimate of drug-likeness (QED) is 0.730. The van der Waals surface area contributed by atoms with Gasteiger partial charge in [0.05, 0.1) is 5.56 Å². The summed E-state index contributed by atoms with van der Waals surface area (Å²) in [5.74, 6) is 0.129. The summed E-state index contributed by atoms with van der Waals surface area (Å²) in [6, 6.07) is 5.35. The molecule has 3 aliphatic rings. The van der Waals surface area contributed by atoms with Crippen LogP contribution in [0.15, 0.2) is 30.9 Å². The van der Waals surface area contributed by atoms with Gasteiger partial charge in [0.25, 0.3) is 11.8 Å². The van der Waals surface area contributed by atoms with Gasteiger partial charge in [0.2, 0.25) is 0 Å². The maximum Gasteiger partial charge on any atom is 0.260 e. The average molecular weight is 386 g/mol. The lowest BCUT2D eigenvalue weighted by atomic mass is 9.90. The van der Waals surface area contributed by atoms with Gasteiger partial charge in [0, 0.05) is 25.2 Å². The van der Waals surface area contributed by atoms with E-state index in [1.807, 2.05) is 24.0 Å². The largest absolute Gasteiger partial charge is 0.488 e. The van der Waals surface area contributed by atoms with Crippen LogP contribution in [0.5, 0.6) is 5.75 Å². The van der Waals surface area contributed by atoms with Crippen molar-refractivity contribution in [2.24, 2.45) is 0 Å². The number of carbonyl (C=O) groups excluding carboxylic acids is 2. The summed E-state index contributed by atoms with van der Waals surface area (Å²) in [7, 11) is 0. The zero-order valence-electron chi connectivity index (χ0n) is 16.3. The number of aryl methyl sites for hydroxylation is 1. The Morgan fingerprint density at radius 2 is 1.96 bits per heavy atom. The van der Waals surface area contributed by atoms with E-state index in [1.165, 1.54) is 0 Å². The highest BCUT2D eigenvalue weighted by atomic mass is 19.1. The minimum absolute atomic E-state index is 0.0897. The molecule has 2 bridgehead atoms. The molecule has 4 rings (SSSR count). The number of nitrogens with zero attached hydrogens (tertiary/aromatic N) is 2. The summed E-state index contributed by atoms with van der Waals surface area (Å²) in [4.78, 5) is 29.5. The van der Waals surface area contributed by atoms with E-state index in [4.69, 9.17) is 4.74 Å². The monoisotopic (exact) mass is 386 g/mol. The van der Waals surface area contributed by atoms with Crippen LogP contribution in [-0.4, -0.2) is 59.1 Å². The lowest BCUT2D eigenvalue weighted by Crippen LogP contribution is -2.65. The number of hydrogen-bond donors (Lipinski definition) is 0. The second-order valence-electron chi connectivity index (χ2n) is 8.18. The van der Waals surface area contributed by atoms with Crippen molar-refractivity contribution in [1.82, 2.24) is 9.80 Å². The standard InChI is InChI=1S/C22H27FN2O3/c1-3-12-28-19-15(2)6-4-9-18(19)20(26)24-13-16-7-5-8-17(14-24)25(16)21(27)22(23)10-11-22/h3-4,6,9,16-17H,1,5,7-8,10-14H2,2H3. The van der Waals surface area contributed by atoms with Gasteiger partial charge < -0.3 is 14.5 Å². The number of alkyl halides is 1. The third kappa shape index (κ3) is 3.29. The molecule has 5 nitrogen and oxygen atoms in total. The second kappa shape index (κ2) is 7.22. The number of amides is 2. The molecule has 3 fully saturated rings. The van der Waals surface area contributed by atoms with Gasteiger partial charge in [-0.3, -0.25) is 9.59 Å². The predicted molar refractivity (Wildman–Crippen MR) is 104 cm³/mol. The molecule has 28 heavy (non-hydrogen) atoms. The molecule has 2 aliphatic heterocycles. The highest BCUT2D eigenvalue weighted by Crippen LogP contribution is 2.44. The first kappa shape index (κ1) is 19.0. The van der Waals surface area contributed by atoms with Crippen LogP contribution in [0.2, 0.25) is 0 Å². The van der Waals surface area contributed by atoms with Crippen molar-refractivity contribution in [2.45, 2.75) is 56.8 Å². The van der Waals surface area contributed by atoms with Crippen LogP contribution in [-0.2, 0) is 4.79 Å². The van der Waals surface area contributed by atoms with Gasteiger partial charge in [-0.05, 0) is 50.7 Å². The fourth-order valence-electron chi connectivity index (χ4n) is 4.48. The molecule has 2 saturated heterocycles. The van der Waals surface area contributed by atoms with Gasteiger partial charge in [-0.2, -0.15) is 0 Å². The van der Waals surface area contributed by atoms with Crippen LogP contribution in [0.1, 0.15) is 48.0 Å². The summed E-state index contributed by atoms with van der Waals surface area (Å²) in [6.45, 7) is 6.81. The number of rotatable bonds is 5. The number of hydrogen-bond acceptors (Lipinski definition) is 3. The SMILES string of the molecule is C=CCOc1c(C)cccc1C(=O)N1CC2CCCC(C1)N2C(=O)C1(F)CC1. The van der Waals surface area contributed by atoms with Crippen molar-refractivity contribution < 1.29 is 18.7 Å². The average Bonchev–Trinajstić information content (AvgIpc) is 3.43. The summed E-state index contributed by atoms with van der Waals surface area (Å²) < 4.78 is 20.2. The van der Waals surface area contributed by atoms with Crippen LogP contribution >= 0.6 is 0 Å². The lowest BCUT2D eigenvalue weighted by molar-refractivity contribution is -0.149. The molecule has 6 heteroatoms. The molecule has 1 aliphatic carbocycles.